The number of hydrogen-bond donors (Lipinski definition) is 1. The monoisotopic (exact) mass is 621 g/mol. The summed E-state index contributed by atoms with van der Waals surface area (Å²) in [6.07, 6.45) is 3.28. The van der Waals surface area contributed by atoms with Gasteiger partial charge in [-0.1, -0.05) is 42.5 Å². The zero-order valence-corrected chi connectivity index (χ0v) is 25.0. The SMILES string of the molecule is CC(=O)N1C[C@H]2CC(c3ccc(CCCOc4c(F)ccc(F)c4F)cc3)=C(C(=O)N(Cc3ccccc3F)C3CC3)[C@@H](C1)N2. The Hall–Kier alpha value is -4.18. The third kappa shape index (κ3) is 6.76. The van der Waals surface area contributed by atoms with Gasteiger partial charge in [-0.05, 0) is 67.0 Å². The van der Waals surface area contributed by atoms with E-state index in [0.29, 0.717) is 43.5 Å². The number of nitrogens with zero attached hydrogens (tertiary/aromatic N) is 2. The highest BCUT2D eigenvalue weighted by Crippen LogP contribution is 2.37. The minimum Gasteiger partial charge on any atom is -0.488 e. The Bertz CT molecular complexity index is 1620. The van der Waals surface area contributed by atoms with Crippen LogP contribution in [0.15, 0.2) is 66.2 Å². The van der Waals surface area contributed by atoms with Crippen molar-refractivity contribution >= 4 is 17.4 Å². The lowest BCUT2D eigenvalue weighted by Crippen LogP contribution is -2.61. The lowest BCUT2D eigenvalue weighted by molar-refractivity contribution is -0.132. The molecule has 2 bridgehead atoms. The van der Waals surface area contributed by atoms with Crippen LogP contribution in [0.5, 0.6) is 5.75 Å². The Labute approximate surface area is 259 Å². The summed E-state index contributed by atoms with van der Waals surface area (Å²) in [6.45, 7) is 2.63. The zero-order valence-electron chi connectivity index (χ0n) is 25.0. The molecule has 10 heteroatoms. The summed E-state index contributed by atoms with van der Waals surface area (Å²) in [7, 11) is 0. The second-order valence-electron chi connectivity index (χ2n) is 12.0. The number of piperazine rings is 1. The fourth-order valence-electron chi connectivity index (χ4n) is 6.31. The summed E-state index contributed by atoms with van der Waals surface area (Å²) in [4.78, 5) is 30.3. The topological polar surface area (TPSA) is 61.9 Å². The number of halogens is 4. The summed E-state index contributed by atoms with van der Waals surface area (Å²) in [5.74, 6) is -4.71. The number of ether oxygens (including phenoxy) is 1. The van der Waals surface area contributed by atoms with Gasteiger partial charge >= 0.3 is 0 Å². The first-order valence-electron chi connectivity index (χ1n) is 15.3. The average Bonchev–Trinajstić information content (AvgIpc) is 3.87. The van der Waals surface area contributed by atoms with Crippen LogP contribution in [0.3, 0.4) is 0 Å². The van der Waals surface area contributed by atoms with Crippen LogP contribution >= 0.6 is 0 Å². The molecule has 2 atom stereocenters. The van der Waals surface area contributed by atoms with Crippen molar-refractivity contribution in [3.05, 3.63) is 106 Å². The van der Waals surface area contributed by atoms with Gasteiger partial charge in [0.2, 0.25) is 11.7 Å². The van der Waals surface area contributed by atoms with Crippen molar-refractivity contribution in [2.24, 2.45) is 0 Å². The van der Waals surface area contributed by atoms with Crippen LogP contribution in [0.2, 0.25) is 0 Å². The smallest absolute Gasteiger partial charge is 0.252 e. The lowest BCUT2D eigenvalue weighted by atomic mass is 9.82. The van der Waals surface area contributed by atoms with Gasteiger partial charge in [-0.25, -0.2) is 13.2 Å². The Morgan fingerprint density at radius 1 is 0.933 bits per heavy atom. The van der Waals surface area contributed by atoms with E-state index in [4.69, 9.17) is 4.74 Å². The van der Waals surface area contributed by atoms with E-state index in [9.17, 15) is 27.2 Å². The van der Waals surface area contributed by atoms with Gasteiger partial charge < -0.3 is 19.9 Å². The summed E-state index contributed by atoms with van der Waals surface area (Å²) < 4.78 is 61.0. The van der Waals surface area contributed by atoms with Crippen molar-refractivity contribution in [1.29, 1.82) is 0 Å². The molecule has 3 aromatic rings. The summed E-state index contributed by atoms with van der Waals surface area (Å²) >= 11 is 0. The van der Waals surface area contributed by atoms with E-state index in [0.717, 1.165) is 41.7 Å². The molecule has 2 fully saturated rings. The number of aryl methyl sites for hydroxylation is 1. The molecule has 2 amide bonds. The van der Waals surface area contributed by atoms with Gasteiger partial charge in [-0.2, -0.15) is 4.39 Å². The number of rotatable bonds is 10. The highest BCUT2D eigenvalue weighted by atomic mass is 19.2. The molecule has 236 valence electrons. The fraction of sp³-hybridized carbons (Fsp3) is 0.371. The van der Waals surface area contributed by atoms with Crippen molar-refractivity contribution in [2.45, 2.75) is 63.7 Å². The first-order chi connectivity index (χ1) is 21.7. The van der Waals surface area contributed by atoms with E-state index >= 15 is 0 Å². The van der Waals surface area contributed by atoms with Crippen LogP contribution in [-0.2, 0) is 22.6 Å². The molecule has 45 heavy (non-hydrogen) atoms. The molecule has 0 radical (unpaired) electrons. The van der Waals surface area contributed by atoms with Crippen molar-refractivity contribution in [1.82, 2.24) is 15.1 Å². The number of carbonyl (C=O) groups is 2. The van der Waals surface area contributed by atoms with Gasteiger partial charge in [0.05, 0.1) is 12.6 Å². The van der Waals surface area contributed by atoms with Crippen LogP contribution in [0.25, 0.3) is 5.57 Å². The van der Waals surface area contributed by atoms with Gasteiger partial charge in [0.25, 0.3) is 5.91 Å². The molecule has 6 nitrogen and oxygen atoms in total. The number of benzene rings is 3. The number of carbonyl (C=O) groups excluding carboxylic acids is 2. The molecule has 1 saturated heterocycles. The normalized spacial score (nSPS) is 19.4. The Balaban J connectivity index is 1.23. The van der Waals surface area contributed by atoms with Crippen molar-refractivity contribution in [3.8, 4) is 5.75 Å². The molecule has 6 rings (SSSR count). The molecule has 0 spiro atoms. The Morgan fingerprint density at radius 3 is 2.38 bits per heavy atom. The highest BCUT2D eigenvalue weighted by Gasteiger charge is 2.43. The molecule has 2 aliphatic heterocycles. The second-order valence-corrected chi connectivity index (χ2v) is 12.0. The molecule has 2 heterocycles. The fourth-order valence-corrected chi connectivity index (χ4v) is 6.31. The maximum atomic E-state index is 14.6. The highest BCUT2D eigenvalue weighted by molar-refractivity contribution is 6.03. The number of fused-ring (bicyclic) bond motifs is 2. The van der Waals surface area contributed by atoms with E-state index in [1.807, 2.05) is 24.3 Å². The molecular formula is C35H35F4N3O3. The number of hydrogen-bond acceptors (Lipinski definition) is 4. The summed E-state index contributed by atoms with van der Waals surface area (Å²) in [5, 5.41) is 3.56. The third-order valence-electron chi connectivity index (χ3n) is 8.79. The van der Waals surface area contributed by atoms with Crippen molar-refractivity contribution in [3.63, 3.8) is 0 Å². The molecule has 1 aliphatic carbocycles. The first kappa shape index (κ1) is 30.8. The predicted octanol–water partition coefficient (Wildman–Crippen LogP) is 5.79. The molecule has 3 aliphatic rings. The first-order valence-corrected chi connectivity index (χ1v) is 15.3. The minimum absolute atomic E-state index is 0.00351. The number of nitrogens with one attached hydrogen (secondary N) is 1. The average molecular weight is 622 g/mol. The number of amides is 2. The van der Waals surface area contributed by atoms with E-state index in [1.54, 1.807) is 28.0 Å². The van der Waals surface area contributed by atoms with Crippen LogP contribution < -0.4 is 10.1 Å². The molecule has 1 N–H and O–H groups in total. The second kappa shape index (κ2) is 13.0. The predicted molar refractivity (Wildman–Crippen MR) is 161 cm³/mol. The zero-order chi connectivity index (χ0) is 31.7. The summed E-state index contributed by atoms with van der Waals surface area (Å²) in [5.41, 5.74) is 3.86. The van der Waals surface area contributed by atoms with Crippen LogP contribution in [0.4, 0.5) is 17.6 Å². The molecule has 0 aromatic heterocycles. The Kier molecular flexibility index (Phi) is 8.94. The third-order valence-corrected chi connectivity index (χ3v) is 8.79. The minimum atomic E-state index is -1.34. The van der Waals surface area contributed by atoms with Gasteiger partial charge in [-0.15, -0.1) is 0 Å². The lowest BCUT2D eigenvalue weighted by Gasteiger charge is -2.44. The van der Waals surface area contributed by atoms with Gasteiger partial charge in [-0.3, -0.25) is 9.59 Å². The van der Waals surface area contributed by atoms with E-state index < -0.39 is 23.2 Å². The standard InChI is InChI=1S/C35H35F4N3O3/c1-21(43)41-19-25-17-27(23-10-8-22(9-11-23)5-4-16-45-34-30(38)15-14-29(37)33(34)39)32(31(20-41)40-25)35(44)42(26-12-13-26)18-24-6-2-3-7-28(24)36/h2-3,6-11,14-15,25-26,31,40H,4-5,12-13,16-20H2,1H3/t25-,31-/m1/s1. The van der Waals surface area contributed by atoms with Gasteiger partial charge in [0.1, 0.15) is 5.82 Å². The van der Waals surface area contributed by atoms with Gasteiger partial charge in [0, 0.05) is 49.8 Å². The van der Waals surface area contributed by atoms with E-state index in [2.05, 4.69) is 5.32 Å². The van der Waals surface area contributed by atoms with Crippen LogP contribution in [0, 0.1) is 23.3 Å². The van der Waals surface area contributed by atoms with E-state index in [1.165, 1.54) is 13.0 Å². The van der Waals surface area contributed by atoms with Crippen molar-refractivity contribution in [2.75, 3.05) is 19.7 Å². The van der Waals surface area contributed by atoms with E-state index in [-0.39, 0.29) is 48.9 Å². The largest absolute Gasteiger partial charge is 0.488 e. The quantitative estimate of drug-likeness (QED) is 0.177. The van der Waals surface area contributed by atoms with Crippen LogP contribution in [0.1, 0.15) is 49.3 Å². The van der Waals surface area contributed by atoms with Crippen LogP contribution in [-0.4, -0.2) is 59.4 Å². The molecule has 3 aromatic carbocycles. The van der Waals surface area contributed by atoms with Crippen molar-refractivity contribution < 1.29 is 31.9 Å². The van der Waals surface area contributed by atoms with Gasteiger partial charge in [0.15, 0.2) is 17.4 Å². The maximum absolute atomic E-state index is 14.6. The molecule has 1 saturated carbocycles. The molecule has 0 unspecified atom stereocenters. The summed E-state index contributed by atoms with van der Waals surface area (Å²) in [6, 6.07) is 15.6. The Morgan fingerprint density at radius 2 is 1.67 bits per heavy atom. The maximum Gasteiger partial charge on any atom is 0.252 e. The molecular weight excluding hydrogens is 586 g/mol.